The largest absolute Gasteiger partial charge is 0.481 e. The van der Waals surface area contributed by atoms with Gasteiger partial charge in [-0.2, -0.15) is 0 Å². The maximum absolute atomic E-state index is 11.9. The molecule has 1 saturated heterocycles. The Morgan fingerprint density at radius 3 is 2.48 bits per heavy atom. The molecule has 0 radical (unpaired) electrons. The second-order valence-electron chi connectivity index (χ2n) is 5.10. The summed E-state index contributed by atoms with van der Waals surface area (Å²) >= 11 is 0. The van der Waals surface area contributed by atoms with Crippen molar-refractivity contribution in [1.29, 1.82) is 0 Å². The average molecular weight is 293 g/mol. The van der Waals surface area contributed by atoms with Gasteiger partial charge in [0.2, 0.25) is 0 Å². The topological polar surface area (TPSA) is 104 Å². The fraction of sp³-hybridized carbons (Fsp3) is 0.385. The van der Waals surface area contributed by atoms with Crippen LogP contribution >= 0.6 is 0 Å². The Balaban J connectivity index is 2.33. The van der Waals surface area contributed by atoms with Crippen molar-refractivity contribution in [2.24, 2.45) is 5.92 Å². The van der Waals surface area contributed by atoms with Crippen molar-refractivity contribution >= 4 is 23.3 Å². The van der Waals surface area contributed by atoms with Crippen LogP contribution in [0.4, 0.5) is 11.4 Å². The second-order valence-corrected chi connectivity index (χ2v) is 5.10. The summed E-state index contributed by atoms with van der Waals surface area (Å²) in [4.78, 5) is 36.2. The van der Waals surface area contributed by atoms with Crippen LogP contribution in [-0.2, 0) is 4.79 Å². The number of amides is 1. The number of carboxylic acids is 1. The molecule has 8 nitrogen and oxygen atoms in total. The third kappa shape index (κ3) is 2.78. The number of hydrogen-bond acceptors (Lipinski definition) is 5. The normalized spacial score (nSPS) is 14.5. The molecule has 1 heterocycles. The van der Waals surface area contributed by atoms with Crippen LogP contribution in [0.2, 0.25) is 0 Å². The monoisotopic (exact) mass is 293 g/mol. The molecule has 2 rings (SSSR count). The fourth-order valence-corrected chi connectivity index (χ4v) is 2.15. The lowest BCUT2D eigenvalue weighted by molar-refractivity contribution is -0.384. The molecule has 1 aliphatic heterocycles. The molecule has 0 bridgehead atoms. The van der Waals surface area contributed by atoms with Crippen LogP contribution in [-0.4, -0.2) is 54.0 Å². The van der Waals surface area contributed by atoms with Gasteiger partial charge in [0.25, 0.3) is 11.6 Å². The van der Waals surface area contributed by atoms with Crippen molar-refractivity contribution in [2.45, 2.75) is 0 Å². The van der Waals surface area contributed by atoms with Crippen molar-refractivity contribution in [2.75, 3.05) is 32.1 Å². The summed E-state index contributed by atoms with van der Waals surface area (Å²) in [7, 11) is 3.18. The third-order valence-electron chi connectivity index (χ3n) is 3.40. The molecule has 0 saturated carbocycles. The van der Waals surface area contributed by atoms with Gasteiger partial charge >= 0.3 is 5.97 Å². The Labute approximate surface area is 120 Å². The number of nitro groups is 1. The van der Waals surface area contributed by atoms with Crippen LogP contribution < -0.4 is 4.90 Å². The van der Waals surface area contributed by atoms with Crippen LogP contribution in [0.15, 0.2) is 18.2 Å². The highest BCUT2D eigenvalue weighted by Crippen LogP contribution is 2.34. The summed E-state index contributed by atoms with van der Waals surface area (Å²) in [5, 5.41) is 19.9. The first kappa shape index (κ1) is 14.8. The Morgan fingerprint density at radius 1 is 1.38 bits per heavy atom. The molecule has 1 aromatic carbocycles. The predicted octanol–water partition coefficient (Wildman–Crippen LogP) is 0.817. The first-order chi connectivity index (χ1) is 9.81. The molecule has 0 atom stereocenters. The SMILES string of the molecule is CN(C)C(=O)c1ccc([N+](=O)[O-])c(N2CC(C(=O)O)C2)c1. The second kappa shape index (κ2) is 5.39. The lowest BCUT2D eigenvalue weighted by atomic mass is 9.98. The summed E-state index contributed by atoms with van der Waals surface area (Å²) in [5.41, 5.74) is 0.485. The number of carboxylic acid groups (broad SMARTS) is 1. The van der Waals surface area contributed by atoms with Crippen LogP contribution in [0.25, 0.3) is 0 Å². The Morgan fingerprint density at radius 2 is 2.00 bits per heavy atom. The zero-order valence-electron chi connectivity index (χ0n) is 11.6. The van der Waals surface area contributed by atoms with Crippen LogP contribution in [0.1, 0.15) is 10.4 Å². The van der Waals surface area contributed by atoms with Gasteiger partial charge in [-0.05, 0) is 12.1 Å². The molecule has 0 unspecified atom stereocenters. The number of aliphatic carboxylic acids is 1. The van der Waals surface area contributed by atoms with Gasteiger partial charge in [-0.25, -0.2) is 0 Å². The van der Waals surface area contributed by atoms with E-state index in [9.17, 15) is 19.7 Å². The van der Waals surface area contributed by atoms with Crippen molar-refractivity contribution < 1.29 is 19.6 Å². The zero-order valence-corrected chi connectivity index (χ0v) is 11.6. The molecule has 0 aromatic heterocycles. The molecule has 8 heteroatoms. The molecule has 0 spiro atoms. The molecular weight excluding hydrogens is 278 g/mol. The van der Waals surface area contributed by atoms with E-state index in [0.717, 1.165) is 0 Å². The lowest BCUT2D eigenvalue weighted by Gasteiger charge is -2.38. The Bertz CT molecular complexity index is 608. The van der Waals surface area contributed by atoms with Gasteiger partial charge in [-0.15, -0.1) is 0 Å². The minimum Gasteiger partial charge on any atom is -0.481 e. The summed E-state index contributed by atoms with van der Waals surface area (Å²) in [6.07, 6.45) is 0. The lowest BCUT2D eigenvalue weighted by Crippen LogP contribution is -2.50. The molecule has 1 N–H and O–H groups in total. The molecule has 1 aliphatic rings. The van der Waals surface area contributed by atoms with Crippen molar-refractivity contribution in [3.63, 3.8) is 0 Å². The molecule has 1 amide bonds. The molecule has 1 aromatic rings. The highest BCUT2D eigenvalue weighted by Gasteiger charge is 2.36. The quantitative estimate of drug-likeness (QED) is 0.651. The van der Waals surface area contributed by atoms with Crippen molar-refractivity contribution in [3.05, 3.63) is 33.9 Å². The van der Waals surface area contributed by atoms with Crippen molar-refractivity contribution in [1.82, 2.24) is 4.90 Å². The first-order valence-electron chi connectivity index (χ1n) is 6.29. The maximum atomic E-state index is 11.9. The summed E-state index contributed by atoms with van der Waals surface area (Å²) < 4.78 is 0. The van der Waals surface area contributed by atoms with E-state index in [2.05, 4.69) is 0 Å². The van der Waals surface area contributed by atoms with Crippen LogP contribution in [0.3, 0.4) is 0 Å². The van der Waals surface area contributed by atoms with Gasteiger partial charge < -0.3 is 14.9 Å². The number of carbonyl (C=O) groups excluding carboxylic acids is 1. The highest BCUT2D eigenvalue weighted by molar-refractivity contribution is 5.95. The molecule has 1 fully saturated rings. The Kier molecular flexibility index (Phi) is 3.79. The maximum Gasteiger partial charge on any atom is 0.310 e. The first-order valence-corrected chi connectivity index (χ1v) is 6.29. The number of rotatable bonds is 4. The zero-order chi connectivity index (χ0) is 15.7. The highest BCUT2D eigenvalue weighted by atomic mass is 16.6. The number of nitrogens with zero attached hydrogens (tertiary/aromatic N) is 3. The fourth-order valence-electron chi connectivity index (χ4n) is 2.15. The molecular formula is C13H15N3O5. The van der Waals surface area contributed by atoms with E-state index in [4.69, 9.17) is 5.11 Å². The number of benzene rings is 1. The summed E-state index contributed by atoms with van der Waals surface area (Å²) in [6, 6.07) is 4.12. The number of carbonyl (C=O) groups is 2. The van der Waals surface area contributed by atoms with Crippen LogP contribution in [0.5, 0.6) is 0 Å². The van der Waals surface area contributed by atoms with E-state index in [1.54, 1.807) is 19.0 Å². The standard InChI is InChI=1S/C13H15N3O5/c1-14(2)12(17)8-3-4-10(16(20)21)11(5-8)15-6-9(7-15)13(18)19/h3-5,9H,6-7H2,1-2H3,(H,18,19). The van der Waals surface area contributed by atoms with Gasteiger partial charge in [-0.3, -0.25) is 19.7 Å². The Hall–Kier alpha value is -2.64. The summed E-state index contributed by atoms with van der Waals surface area (Å²) in [6.45, 7) is 0.408. The van der Waals surface area contributed by atoms with E-state index in [1.807, 2.05) is 0 Å². The van der Waals surface area contributed by atoms with Gasteiger partial charge in [0, 0.05) is 38.8 Å². The smallest absolute Gasteiger partial charge is 0.310 e. The van der Waals surface area contributed by atoms with Gasteiger partial charge in [0.1, 0.15) is 5.69 Å². The average Bonchev–Trinajstić information content (AvgIpc) is 2.35. The van der Waals surface area contributed by atoms with Gasteiger partial charge in [-0.1, -0.05) is 0 Å². The molecule has 0 aliphatic carbocycles. The predicted molar refractivity (Wildman–Crippen MR) is 74.5 cm³/mol. The van der Waals surface area contributed by atoms with Gasteiger partial charge in [0.15, 0.2) is 0 Å². The van der Waals surface area contributed by atoms with Gasteiger partial charge in [0.05, 0.1) is 10.8 Å². The van der Waals surface area contributed by atoms with E-state index in [0.29, 0.717) is 5.56 Å². The number of anilines is 1. The molecule has 21 heavy (non-hydrogen) atoms. The minimum atomic E-state index is -0.922. The number of nitro benzene ring substituents is 1. The van der Waals surface area contributed by atoms with E-state index >= 15 is 0 Å². The van der Waals surface area contributed by atoms with E-state index < -0.39 is 16.8 Å². The van der Waals surface area contributed by atoms with Crippen molar-refractivity contribution in [3.8, 4) is 0 Å². The van der Waals surface area contributed by atoms with E-state index in [1.165, 1.54) is 23.1 Å². The minimum absolute atomic E-state index is 0.130. The van der Waals surface area contributed by atoms with E-state index in [-0.39, 0.29) is 30.4 Å². The van der Waals surface area contributed by atoms with Crippen LogP contribution in [0, 0.1) is 16.0 Å². The third-order valence-corrected chi connectivity index (χ3v) is 3.40. The molecule has 112 valence electrons. The number of hydrogen-bond donors (Lipinski definition) is 1. The summed E-state index contributed by atoms with van der Waals surface area (Å²) in [5.74, 6) is -1.71.